The van der Waals surface area contributed by atoms with Gasteiger partial charge in [-0.3, -0.25) is 4.79 Å². The van der Waals surface area contributed by atoms with Crippen LogP contribution in [0.15, 0.2) is 71.1 Å². The molecule has 0 unspecified atom stereocenters. The van der Waals surface area contributed by atoms with Crippen molar-refractivity contribution in [3.05, 3.63) is 77.9 Å². The van der Waals surface area contributed by atoms with Gasteiger partial charge in [0.25, 0.3) is 5.91 Å². The van der Waals surface area contributed by atoms with Gasteiger partial charge in [0.15, 0.2) is 12.2 Å². The molecule has 2 atom stereocenters. The normalized spacial score (nSPS) is 12.9. The number of fused-ring (bicyclic) bond motifs is 1. The zero-order valence-corrected chi connectivity index (χ0v) is 20.3. The Morgan fingerprint density at radius 2 is 1.65 bits per heavy atom. The summed E-state index contributed by atoms with van der Waals surface area (Å²) in [7, 11) is 0. The zero-order valence-electron chi connectivity index (χ0n) is 20.3. The molecule has 1 N–H and O–H groups in total. The predicted molar refractivity (Wildman–Crippen MR) is 137 cm³/mol. The Labute approximate surface area is 201 Å². The number of nitrogens with zero attached hydrogens (tertiary/aromatic N) is 1. The van der Waals surface area contributed by atoms with Crippen molar-refractivity contribution in [2.75, 3.05) is 11.9 Å². The fourth-order valence-corrected chi connectivity index (χ4v) is 3.81. The Balaban J connectivity index is 1.41. The van der Waals surface area contributed by atoms with Crippen molar-refractivity contribution in [3.63, 3.8) is 0 Å². The van der Waals surface area contributed by atoms with E-state index in [0.29, 0.717) is 29.2 Å². The number of anilines is 1. The number of carbonyl (C=O) groups excluding carboxylic acids is 1. The fraction of sp³-hybridized carbons (Fsp3) is 0.310. The highest BCUT2D eigenvalue weighted by atomic mass is 16.5. The molecule has 5 nitrogen and oxygen atoms in total. The van der Waals surface area contributed by atoms with Gasteiger partial charge < -0.3 is 14.5 Å². The Kier molecular flexibility index (Phi) is 7.31. The molecule has 0 aliphatic heterocycles. The molecule has 0 spiro atoms. The minimum atomic E-state index is -0.223. The van der Waals surface area contributed by atoms with Crippen LogP contribution >= 0.6 is 0 Å². The minimum absolute atomic E-state index is 0.0613. The lowest BCUT2D eigenvalue weighted by Crippen LogP contribution is -2.20. The molecule has 1 aromatic heterocycles. The van der Waals surface area contributed by atoms with Gasteiger partial charge in [-0.05, 0) is 78.3 Å². The van der Waals surface area contributed by atoms with Crippen molar-refractivity contribution in [1.82, 2.24) is 4.98 Å². The molecule has 4 rings (SSSR count). The third-order valence-electron chi connectivity index (χ3n) is 6.42. The van der Waals surface area contributed by atoms with Crippen LogP contribution < -0.4 is 10.1 Å². The summed E-state index contributed by atoms with van der Waals surface area (Å²) in [6, 6.07) is 21.6. The first-order valence-electron chi connectivity index (χ1n) is 12.0. The maximum absolute atomic E-state index is 12.5. The number of rotatable bonds is 9. The van der Waals surface area contributed by atoms with Crippen molar-refractivity contribution in [3.8, 4) is 17.2 Å². The van der Waals surface area contributed by atoms with Crippen molar-refractivity contribution >= 4 is 22.7 Å². The maximum Gasteiger partial charge on any atom is 0.262 e. The Bertz CT molecular complexity index is 1260. The van der Waals surface area contributed by atoms with E-state index in [9.17, 15) is 4.79 Å². The predicted octanol–water partition coefficient (Wildman–Crippen LogP) is 7.54. The van der Waals surface area contributed by atoms with Crippen molar-refractivity contribution in [1.29, 1.82) is 0 Å². The lowest BCUT2D eigenvalue weighted by molar-refractivity contribution is -0.118. The summed E-state index contributed by atoms with van der Waals surface area (Å²) < 4.78 is 11.6. The van der Waals surface area contributed by atoms with Crippen LogP contribution in [0.1, 0.15) is 63.5 Å². The molecule has 176 valence electrons. The minimum Gasteiger partial charge on any atom is -0.484 e. The molecule has 0 saturated heterocycles. The molecule has 34 heavy (non-hydrogen) atoms. The second-order valence-corrected chi connectivity index (χ2v) is 8.85. The second-order valence-electron chi connectivity index (χ2n) is 8.85. The van der Waals surface area contributed by atoms with E-state index in [-0.39, 0.29) is 12.5 Å². The summed E-state index contributed by atoms with van der Waals surface area (Å²) in [5.74, 6) is 1.97. The summed E-state index contributed by atoms with van der Waals surface area (Å²) in [6.45, 7) is 8.69. The molecular weight excluding hydrogens is 424 g/mol. The third-order valence-corrected chi connectivity index (χ3v) is 6.42. The smallest absolute Gasteiger partial charge is 0.262 e. The average Bonchev–Trinajstić information content (AvgIpc) is 3.30. The van der Waals surface area contributed by atoms with Gasteiger partial charge in [0.1, 0.15) is 11.3 Å². The van der Waals surface area contributed by atoms with Crippen LogP contribution in [0.2, 0.25) is 0 Å². The van der Waals surface area contributed by atoms with Gasteiger partial charge in [0.05, 0.1) is 0 Å². The largest absolute Gasteiger partial charge is 0.484 e. The van der Waals surface area contributed by atoms with Crippen molar-refractivity contribution in [2.45, 2.75) is 52.4 Å². The van der Waals surface area contributed by atoms with Gasteiger partial charge in [-0.15, -0.1) is 0 Å². The molecule has 4 aromatic rings. The number of hydrogen-bond acceptors (Lipinski definition) is 4. The Morgan fingerprint density at radius 3 is 2.38 bits per heavy atom. The molecule has 5 heteroatoms. The van der Waals surface area contributed by atoms with E-state index in [1.54, 1.807) is 0 Å². The van der Waals surface area contributed by atoms with Crippen molar-refractivity contribution in [2.24, 2.45) is 0 Å². The molecule has 3 aromatic carbocycles. The highest BCUT2D eigenvalue weighted by Crippen LogP contribution is 2.29. The van der Waals surface area contributed by atoms with Crippen LogP contribution in [-0.2, 0) is 4.79 Å². The number of amides is 1. The first-order valence-corrected chi connectivity index (χ1v) is 12.0. The monoisotopic (exact) mass is 456 g/mol. The number of hydrogen-bond donors (Lipinski definition) is 1. The highest BCUT2D eigenvalue weighted by Gasteiger charge is 2.12. The van der Waals surface area contributed by atoms with Crippen LogP contribution in [0.25, 0.3) is 22.6 Å². The van der Waals surface area contributed by atoms with Crippen molar-refractivity contribution < 1.29 is 13.9 Å². The molecule has 0 radical (unpaired) electrons. The van der Waals surface area contributed by atoms with Gasteiger partial charge in [-0.1, -0.05) is 52.0 Å². The summed E-state index contributed by atoms with van der Waals surface area (Å²) in [5.41, 5.74) is 5.59. The van der Waals surface area contributed by atoms with E-state index in [1.807, 2.05) is 42.5 Å². The summed E-state index contributed by atoms with van der Waals surface area (Å²) in [5, 5.41) is 2.89. The Morgan fingerprint density at radius 1 is 0.941 bits per heavy atom. The Hall–Kier alpha value is -3.60. The van der Waals surface area contributed by atoms with Crippen LogP contribution in [0.5, 0.6) is 5.75 Å². The number of ether oxygens (including phenoxy) is 1. The first-order chi connectivity index (χ1) is 16.5. The number of oxazole rings is 1. The fourth-order valence-electron chi connectivity index (χ4n) is 3.81. The molecule has 0 saturated carbocycles. The van der Waals surface area contributed by atoms with Gasteiger partial charge >= 0.3 is 0 Å². The van der Waals surface area contributed by atoms with Gasteiger partial charge in [-0.25, -0.2) is 4.98 Å². The van der Waals surface area contributed by atoms with Crippen LogP contribution in [-0.4, -0.2) is 17.5 Å². The van der Waals surface area contributed by atoms with Crippen LogP contribution in [0.4, 0.5) is 5.69 Å². The molecular formula is C29H32N2O3. The third kappa shape index (κ3) is 5.48. The second kappa shape index (κ2) is 10.6. The van der Waals surface area contributed by atoms with E-state index >= 15 is 0 Å². The van der Waals surface area contributed by atoms with E-state index in [2.05, 4.69) is 62.3 Å². The molecule has 0 bridgehead atoms. The van der Waals surface area contributed by atoms with E-state index in [0.717, 1.165) is 29.5 Å². The summed E-state index contributed by atoms with van der Waals surface area (Å²) in [4.78, 5) is 17.1. The SMILES string of the molecule is CC[C@@H](C)c1ccc(OCC(=O)Nc2cccc(-c3nc4cc([C@@H](C)CC)ccc4o3)c2)cc1. The molecule has 1 amide bonds. The van der Waals surface area contributed by atoms with E-state index in [4.69, 9.17) is 9.15 Å². The lowest BCUT2D eigenvalue weighted by atomic mass is 9.98. The topological polar surface area (TPSA) is 64.4 Å². The highest BCUT2D eigenvalue weighted by molar-refractivity contribution is 5.92. The van der Waals surface area contributed by atoms with Crippen LogP contribution in [0, 0.1) is 0 Å². The van der Waals surface area contributed by atoms with Gasteiger partial charge in [0, 0.05) is 11.3 Å². The first kappa shape index (κ1) is 23.6. The van der Waals surface area contributed by atoms with E-state index < -0.39 is 0 Å². The van der Waals surface area contributed by atoms with Gasteiger partial charge in [-0.2, -0.15) is 0 Å². The number of carbonyl (C=O) groups is 1. The molecule has 0 aliphatic rings. The van der Waals surface area contributed by atoms with Gasteiger partial charge in [0.2, 0.25) is 5.89 Å². The number of nitrogens with one attached hydrogen (secondary N) is 1. The molecule has 0 aliphatic carbocycles. The van der Waals surface area contributed by atoms with E-state index in [1.165, 1.54) is 11.1 Å². The maximum atomic E-state index is 12.5. The lowest BCUT2D eigenvalue weighted by Gasteiger charge is -2.11. The number of aromatic nitrogens is 1. The zero-order chi connectivity index (χ0) is 24.1. The number of benzene rings is 3. The summed E-state index contributed by atoms with van der Waals surface area (Å²) in [6.07, 6.45) is 2.16. The van der Waals surface area contributed by atoms with Crippen LogP contribution in [0.3, 0.4) is 0 Å². The molecule has 1 heterocycles. The molecule has 0 fully saturated rings. The average molecular weight is 457 g/mol. The quantitative estimate of drug-likeness (QED) is 0.282. The standard InChI is InChI=1S/C29H32N2O3/c1-5-19(3)21-10-13-25(14-11-21)33-18-28(32)30-24-9-7-8-23(16-24)29-31-26-17-22(20(4)6-2)12-15-27(26)34-29/h7-17,19-20H,5-6,18H2,1-4H3,(H,30,32)/t19-,20+/m1/s1. The summed E-state index contributed by atoms with van der Waals surface area (Å²) >= 11 is 0.